The molecule has 0 fully saturated rings. The number of rotatable bonds is 7. The van der Waals surface area contributed by atoms with Crippen molar-refractivity contribution < 1.29 is 14.0 Å². The average Bonchev–Trinajstić information content (AvgIpc) is 3.20. The predicted octanol–water partition coefficient (Wildman–Crippen LogP) is 6.95. The first-order valence-electron chi connectivity index (χ1n) is 9.80. The number of benzene rings is 2. The Bertz CT molecular complexity index is 1140. The highest BCUT2D eigenvalue weighted by Gasteiger charge is 2.08. The Kier molecular flexibility index (Phi) is 7.55. The van der Waals surface area contributed by atoms with Gasteiger partial charge in [0.25, 0.3) is 0 Å². The topological polar surface area (TPSA) is 71.3 Å². The molecule has 2 N–H and O–H groups in total. The number of hydrogen-bond donors (Lipinski definition) is 2. The fourth-order valence-electron chi connectivity index (χ4n) is 2.83. The second-order valence-corrected chi connectivity index (χ2v) is 7.80. The van der Waals surface area contributed by atoms with Crippen LogP contribution in [0.2, 0.25) is 10.0 Å². The monoisotopic (exact) mass is 456 g/mol. The van der Waals surface area contributed by atoms with E-state index in [1.54, 1.807) is 30.3 Å². The molecular weight excluding hydrogens is 435 g/mol. The Balaban J connectivity index is 1.66. The van der Waals surface area contributed by atoms with Crippen molar-refractivity contribution in [2.24, 2.45) is 0 Å². The Labute approximate surface area is 191 Å². The summed E-state index contributed by atoms with van der Waals surface area (Å²) in [6, 6.07) is 14.2. The summed E-state index contributed by atoms with van der Waals surface area (Å²) in [5.74, 6) is 0.704. The maximum Gasteiger partial charge on any atom is 0.248 e. The van der Waals surface area contributed by atoms with E-state index in [1.807, 2.05) is 38.1 Å². The van der Waals surface area contributed by atoms with Crippen molar-refractivity contribution in [3.05, 3.63) is 76.0 Å². The van der Waals surface area contributed by atoms with Gasteiger partial charge in [-0.15, -0.1) is 0 Å². The van der Waals surface area contributed by atoms with Crippen LogP contribution in [-0.4, -0.2) is 11.8 Å². The third kappa shape index (κ3) is 6.23. The lowest BCUT2D eigenvalue weighted by atomic mass is 10.1. The molecule has 160 valence electrons. The molecule has 0 aliphatic rings. The van der Waals surface area contributed by atoms with Crippen LogP contribution in [0.3, 0.4) is 0 Å². The van der Waals surface area contributed by atoms with E-state index in [2.05, 4.69) is 10.6 Å². The minimum atomic E-state index is -0.379. The van der Waals surface area contributed by atoms with Gasteiger partial charge in [-0.1, -0.05) is 42.3 Å². The molecule has 2 aromatic carbocycles. The van der Waals surface area contributed by atoms with Crippen molar-refractivity contribution >= 4 is 52.5 Å². The quantitative estimate of drug-likeness (QED) is 0.377. The Morgan fingerprint density at radius 3 is 2.55 bits per heavy atom. The second kappa shape index (κ2) is 10.3. The third-order valence-corrected chi connectivity index (χ3v) is 5.20. The van der Waals surface area contributed by atoms with Crippen molar-refractivity contribution in [2.45, 2.75) is 26.7 Å². The summed E-state index contributed by atoms with van der Waals surface area (Å²) in [7, 11) is 0. The van der Waals surface area contributed by atoms with Crippen molar-refractivity contribution in [3.8, 4) is 11.3 Å². The van der Waals surface area contributed by atoms with Gasteiger partial charge in [-0.3, -0.25) is 9.59 Å². The van der Waals surface area contributed by atoms with E-state index >= 15 is 0 Å². The van der Waals surface area contributed by atoms with Gasteiger partial charge in [-0.2, -0.15) is 0 Å². The van der Waals surface area contributed by atoms with Gasteiger partial charge in [0.15, 0.2) is 0 Å². The van der Waals surface area contributed by atoms with Crippen LogP contribution in [0.1, 0.15) is 31.1 Å². The van der Waals surface area contributed by atoms with Crippen LogP contribution in [0.25, 0.3) is 17.4 Å². The van der Waals surface area contributed by atoms with Crippen molar-refractivity contribution in [3.63, 3.8) is 0 Å². The van der Waals surface area contributed by atoms with E-state index in [-0.39, 0.29) is 11.8 Å². The molecule has 7 heteroatoms. The van der Waals surface area contributed by atoms with Crippen LogP contribution in [-0.2, 0) is 9.59 Å². The predicted molar refractivity (Wildman–Crippen MR) is 127 cm³/mol. The minimum absolute atomic E-state index is 0.0921. The lowest BCUT2D eigenvalue weighted by Gasteiger charge is -2.09. The fourth-order valence-corrected chi connectivity index (χ4v) is 3.17. The van der Waals surface area contributed by atoms with Gasteiger partial charge < -0.3 is 15.1 Å². The minimum Gasteiger partial charge on any atom is -0.457 e. The summed E-state index contributed by atoms with van der Waals surface area (Å²) in [4.78, 5) is 24.1. The molecule has 0 aliphatic heterocycles. The molecule has 5 nitrogen and oxygen atoms in total. The number of amides is 2. The molecule has 2 amide bonds. The van der Waals surface area contributed by atoms with Crippen LogP contribution in [0.4, 0.5) is 11.4 Å². The Morgan fingerprint density at radius 1 is 1.00 bits per heavy atom. The van der Waals surface area contributed by atoms with E-state index in [4.69, 9.17) is 27.6 Å². The second-order valence-electron chi connectivity index (χ2n) is 6.98. The standard InChI is InChI=1S/C24H22Cl2N2O3/c1-3-4-23(29)27-17-7-10-19(25)21(14-17)28-24(30)12-9-18-8-11-22(31-18)16-6-5-15(2)20(26)13-16/h5-14H,3-4H2,1-2H3,(H,27,29)(H,28,30)/b12-9+. The molecule has 31 heavy (non-hydrogen) atoms. The SMILES string of the molecule is CCCC(=O)Nc1ccc(Cl)c(NC(=O)/C=C/c2ccc(-c3ccc(C)c(Cl)c3)o2)c1. The molecule has 3 aromatic rings. The molecule has 0 atom stereocenters. The summed E-state index contributed by atoms with van der Waals surface area (Å²) in [5, 5.41) is 6.52. The maximum absolute atomic E-state index is 12.3. The van der Waals surface area contributed by atoms with Crippen LogP contribution in [0, 0.1) is 6.92 Å². The van der Waals surface area contributed by atoms with Crippen molar-refractivity contribution in [1.82, 2.24) is 0 Å². The van der Waals surface area contributed by atoms with E-state index in [0.29, 0.717) is 39.4 Å². The smallest absolute Gasteiger partial charge is 0.248 e. The van der Waals surface area contributed by atoms with Crippen molar-refractivity contribution in [1.29, 1.82) is 0 Å². The summed E-state index contributed by atoms with van der Waals surface area (Å²) in [6.07, 6.45) is 4.09. The number of anilines is 2. The fraction of sp³-hybridized carbons (Fsp3) is 0.167. The van der Waals surface area contributed by atoms with Crippen LogP contribution < -0.4 is 10.6 Å². The largest absolute Gasteiger partial charge is 0.457 e. The Morgan fingerprint density at radius 2 is 1.81 bits per heavy atom. The molecule has 0 radical (unpaired) electrons. The zero-order valence-electron chi connectivity index (χ0n) is 17.2. The van der Waals surface area contributed by atoms with Crippen molar-refractivity contribution in [2.75, 3.05) is 10.6 Å². The highest BCUT2D eigenvalue weighted by molar-refractivity contribution is 6.34. The molecular formula is C24H22Cl2N2O3. The van der Waals surface area contributed by atoms with E-state index in [0.717, 1.165) is 17.5 Å². The highest BCUT2D eigenvalue weighted by atomic mass is 35.5. The zero-order valence-corrected chi connectivity index (χ0v) is 18.7. The number of carbonyl (C=O) groups is 2. The van der Waals surface area contributed by atoms with Gasteiger partial charge in [-0.25, -0.2) is 0 Å². The van der Waals surface area contributed by atoms with Gasteiger partial charge in [0.05, 0.1) is 10.7 Å². The molecule has 1 heterocycles. The lowest BCUT2D eigenvalue weighted by molar-refractivity contribution is -0.116. The third-order valence-electron chi connectivity index (χ3n) is 4.47. The summed E-state index contributed by atoms with van der Waals surface area (Å²) in [5.41, 5.74) is 2.81. The normalized spacial score (nSPS) is 11.0. The number of furan rings is 1. The van der Waals surface area contributed by atoms with Gasteiger partial charge in [0, 0.05) is 28.8 Å². The first-order chi connectivity index (χ1) is 14.9. The number of carbonyl (C=O) groups excluding carboxylic acids is 2. The van der Waals surface area contributed by atoms with Gasteiger partial charge in [-0.05, 0) is 61.4 Å². The molecule has 0 saturated heterocycles. The van der Waals surface area contributed by atoms with Crippen LogP contribution >= 0.6 is 23.2 Å². The molecule has 1 aromatic heterocycles. The first kappa shape index (κ1) is 22.7. The lowest BCUT2D eigenvalue weighted by Crippen LogP contribution is -2.12. The maximum atomic E-state index is 12.3. The zero-order chi connectivity index (χ0) is 22.4. The van der Waals surface area contributed by atoms with E-state index < -0.39 is 0 Å². The summed E-state index contributed by atoms with van der Waals surface area (Å²) < 4.78 is 5.78. The van der Waals surface area contributed by atoms with Gasteiger partial charge in [0.1, 0.15) is 11.5 Å². The van der Waals surface area contributed by atoms with Gasteiger partial charge in [0.2, 0.25) is 11.8 Å². The molecule has 0 unspecified atom stereocenters. The number of nitrogens with one attached hydrogen (secondary N) is 2. The average molecular weight is 457 g/mol. The molecule has 0 spiro atoms. The molecule has 3 rings (SSSR count). The Hall–Kier alpha value is -3.02. The molecule has 0 aliphatic carbocycles. The highest BCUT2D eigenvalue weighted by Crippen LogP contribution is 2.28. The first-order valence-corrected chi connectivity index (χ1v) is 10.6. The van der Waals surface area contributed by atoms with Crippen LogP contribution in [0.5, 0.6) is 0 Å². The number of halogens is 2. The van der Waals surface area contributed by atoms with Gasteiger partial charge >= 0.3 is 0 Å². The van der Waals surface area contributed by atoms with Crippen LogP contribution in [0.15, 0.2) is 59.0 Å². The summed E-state index contributed by atoms with van der Waals surface area (Å²) in [6.45, 7) is 3.86. The van der Waals surface area contributed by atoms with E-state index in [1.165, 1.54) is 6.08 Å². The number of hydrogen-bond acceptors (Lipinski definition) is 3. The molecule has 0 bridgehead atoms. The van der Waals surface area contributed by atoms with E-state index in [9.17, 15) is 9.59 Å². The summed E-state index contributed by atoms with van der Waals surface area (Å²) >= 11 is 12.3. The number of aryl methyl sites for hydroxylation is 1. The molecule has 0 saturated carbocycles.